The standard InChI is InChI=1S/C22H21ClN4O2S/c1-3-29-20(28)18-14(2)24-21-25-22(30-13-15-7-5-4-6-8-15)26-27(21)19(18)16-9-11-17(23)12-10-16/h4-12,19H,3,13H2,1-2H3,(H,24,25,26). The molecule has 1 aromatic heterocycles. The Labute approximate surface area is 184 Å². The van der Waals surface area contributed by atoms with E-state index in [1.807, 2.05) is 37.3 Å². The molecule has 8 heteroatoms. The molecule has 0 saturated heterocycles. The first-order chi connectivity index (χ1) is 14.6. The van der Waals surface area contributed by atoms with Gasteiger partial charge in [-0.15, -0.1) is 5.10 Å². The Hall–Kier alpha value is -2.77. The highest BCUT2D eigenvalue weighted by Gasteiger charge is 2.35. The van der Waals surface area contributed by atoms with Crippen molar-refractivity contribution in [2.75, 3.05) is 11.9 Å². The maximum Gasteiger partial charge on any atom is 0.338 e. The molecule has 0 spiro atoms. The molecule has 1 atom stereocenters. The lowest BCUT2D eigenvalue weighted by molar-refractivity contribution is -0.139. The molecule has 1 aliphatic heterocycles. The fourth-order valence-electron chi connectivity index (χ4n) is 3.34. The van der Waals surface area contributed by atoms with Crippen LogP contribution in [0.2, 0.25) is 5.02 Å². The second kappa shape index (κ2) is 8.93. The summed E-state index contributed by atoms with van der Waals surface area (Å²) in [5.41, 5.74) is 3.29. The fraction of sp³-hybridized carbons (Fsp3) is 0.227. The van der Waals surface area contributed by atoms with Crippen molar-refractivity contribution in [3.8, 4) is 0 Å². The van der Waals surface area contributed by atoms with Crippen LogP contribution in [0.3, 0.4) is 0 Å². The third kappa shape index (κ3) is 4.22. The number of anilines is 1. The molecule has 30 heavy (non-hydrogen) atoms. The first-order valence-electron chi connectivity index (χ1n) is 9.60. The van der Waals surface area contributed by atoms with E-state index >= 15 is 0 Å². The highest BCUT2D eigenvalue weighted by Crippen LogP contribution is 2.37. The minimum Gasteiger partial charge on any atom is -0.463 e. The molecule has 0 bridgehead atoms. The van der Waals surface area contributed by atoms with Crippen LogP contribution in [-0.2, 0) is 15.3 Å². The van der Waals surface area contributed by atoms with Gasteiger partial charge in [-0.25, -0.2) is 9.48 Å². The molecule has 0 saturated carbocycles. The lowest BCUT2D eigenvalue weighted by Crippen LogP contribution is -2.29. The second-order valence-corrected chi connectivity index (χ2v) is 8.15. The van der Waals surface area contributed by atoms with Crippen molar-refractivity contribution in [3.05, 3.63) is 82.0 Å². The van der Waals surface area contributed by atoms with E-state index in [4.69, 9.17) is 21.4 Å². The van der Waals surface area contributed by atoms with Crippen LogP contribution in [0, 0.1) is 0 Å². The van der Waals surface area contributed by atoms with Gasteiger partial charge in [0.25, 0.3) is 0 Å². The summed E-state index contributed by atoms with van der Waals surface area (Å²) in [6.07, 6.45) is 0. The third-order valence-electron chi connectivity index (χ3n) is 4.72. The van der Waals surface area contributed by atoms with Crippen LogP contribution < -0.4 is 5.32 Å². The number of benzene rings is 2. The van der Waals surface area contributed by atoms with E-state index in [1.165, 1.54) is 5.56 Å². The Morgan fingerprint density at radius 2 is 1.93 bits per heavy atom. The highest BCUT2D eigenvalue weighted by molar-refractivity contribution is 7.98. The summed E-state index contributed by atoms with van der Waals surface area (Å²) in [6, 6.07) is 17.1. The van der Waals surface area contributed by atoms with Crippen molar-refractivity contribution in [2.45, 2.75) is 30.8 Å². The minimum atomic E-state index is -0.448. The number of aromatic nitrogens is 3. The summed E-state index contributed by atoms with van der Waals surface area (Å²) in [4.78, 5) is 17.4. The lowest BCUT2D eigenvalue weighted by Gasteiger charge is -2.28. The molecular formula is C22H21ClN4O2S. The predicted molar refractivity (Wildman–Crippen MR) is 119 cm³/mol. The molecule has 0 amide bonds. The van der Waals surface area contributed by atoms with Crippen LogP contribution in [0.4, 0.5) is 5.95 Å². The quantitative estimate of drug-likeness (QED) is 0.426. The highest BCUT2D eigenvalue weighted by atomic mass is 35.5. The molecule has 0 fully saturated rings. The second-order valence-electron chi connectivity index (χ2n) is 6.78. The first-order valence-corrected chi connectivity index (χ1v) is 11.0. The normalized spacial score (nSPS) is 15.5. The number of nitrogens with one attached hydrogen (secondary N) is 1. The van der Waals surface area contributed by atoms with E-state index in [0.717, 1.165) is 11.3 Å². The smallest absolute Gasteiger partial charge is 0.338 e. The van der Waals surface area contributed by atoms with Gasteiger partial charge in [0.1, 0.15) is 6.04 Å². The molecule has 4 rings (SSSR count). The summed E-state index contributed by atoms with van der Waals surface area (Å²) < 4.78 is 7.07. The maximum atomic E-state index is 12.8. The van der Waals surface area contributed by atoms with Gasteiger partial charge in [-0.05, 0) is 37.1 Å². The Bertz CT molecular complexity index is 1080. The number of nitrogens with zero attached hydrogens (tertiary/aromatic N) is 3. The molecule has 2 heterocycles. The fourth-order valence-corrected chi connectivity index (χ4v) is 4.25. The zero-order valence-electron chi connectivity index (χ0n) is 16.6. The van der Waals surface area contributed by atoms with Crippen molar-refractivity contribution in [1.82, 2.24) is 14.8 Å². The van der Waals surface area contributed by atoms with Gasteiger partial charge in [0.05, 0.1) is 12.2 Å². The molecule has 2 aromatic carbocycles. The number of thioether (sulfide) groups is 1. The summed E-state index contributed by atoms with van der Waals surface area (Å²) in [7, 11) is 0. The molecule has 3 aromatic rings. The zero-order valence-corrected chi connectivity index (χ0v) is 18.2. The van der Waals surface area contributed by atoms with Crippen LogP contribution in [-0.4, -0.2) is 27.3 Å². The minimum absolute atomic E-state index is 0.297. The summed E-state index contributed by atoms with van der Waals surface area (Å²) >= 11 is 7.63. The van der Waals surface area contributed by atoms with Crippen LogP contribution >= 0.6 is 23.4 Å². The van der Waals surface area contributed by atoms with Crippen molar-refractivity contribution >= 4 is 35.3 Å². The molecule has 6 nitrogen and oxygen atoms in total. The van der Waals surface area contributed by atoms with Gasteiger partial charge >= 0.3 is 5.97 Å². The number of allylic oxidation sites excluding steroid dienone is 1. The first kappa shape index (κ1) is 20.5. The number of halogens is 1. The van der Waals surface area contributed by atoms with Crippen LogP contribution in [0.15, 0.2) is 71.0 Å². The maximum absolute atomic E-state index is 12.8. The van der Waals surface area contributed by atoms with E-state index in [-0.39, 0.29) is 5.97 Å². The van der Waals surface area contributed by atoms with Gasteiger partial charge in [0, 0.05) is 16.5 Å². The summed E-state index contributed by atoms with van der Waals surface area (Å²) in [6.45, 7) is 3.94. The number of carbonyl (C=O) groups excluding carboxylic acids is 1. The molecule has 1 aliphatic rings. The van der Waals surface area contributed by atoms with Crippen LogP contribution in [0.25, 0.3) is 0 Å². The number of fused-ring (bicyclic) bond motifs is 1. The van der Waals surface area contributed by atoms with Crippen molar-refractivity contribution in [2.24, 2.45) is 0 Å². The van der Waals surface area contributed by atoms with Gasteiger partial charge < -0.3 is 10.1 Å². The number of carbonyl (C=O) groups is 1. The molecule has 154 valence electrons. The van der Waals surface area contributed by atoms with Crippen LogP contribution in [0.1, 0.15) is 31.0 Å². The topological polar surface area (TPSA) is 69.0 Å². The molecule has 0 aliphatic carbocycles. The predicted octanol–water partition coefficient (Wildman–Crippen LogP) is 5.08. The Morgan fingerprint density at radius 1 is 1.20 bits per heavy atom. The van der Waals surface area contributed by atoms with Crippen molar-refractivity contribution in [1.29, 1.82) is 0 Å². The van der Waals surface area contributed by atoms with Gasteiger partial charge in [-0.2, -0.15) is 4.98 Å². The number of hydrogen-bond acceptors (Lipinski definition) is 6. The van der Waals surface area contributed by atoms with E-state index in [2.05, 4.69) is 22.4 Å². The van der Waals surface area contributed by atoms with Crippen LogP contribution in [0.5, 0.6) is 0 Å². The van der Waals surface area contributed by atoms with Gasteiger partial charge in [-0.1, -0.05) is 65.8 Å². The average molecular weight is 441 g/mol. The number of esters is 1. The molecular weight excluding hydrogens is 420 g/mol. The monoisotopic (exact) mass is 440 g/mol. The Kier molecular flexibility index (Phi) is 6.11. The third-order valence-corrected chi connectivity index (χ3v) is 5.89. The van der Waals surface area contributed by atoms with Gasteiger partial charge in [0.2, 0.25) is 11.1 Å². The zero-order chi connectivity index (χ0) is 21.1. The van der Waals surface area contributed by atoms with E-state index in [9.17, 15) is 4.79 Å². The summed E-state index contributed by atoms with van der Waals surface area (Å²) in [5, 5.41) is 9.18. The number of hydrogen-bond donors (Lipinski definition) is 1. The van der Waals surface area contributed by atoms with Gasteiger partial charge in [-0.3, -0.25) is 0 Å². The van der Waals surface area contributed by atoms with E-state index in [1.54, 1.807) is 35.5 Å². The molecule has 1 N–H and O–H groups in total. The van der Waals surface area contributed by atoms with Crippen molar-refractivity contribution in [3.63, 3.8) is 0 Å². The number of ether oxygens (including phenoxy) is 1. The summed E-state index contributed by atoms with van der Waals surface area (Å²) in [5.74, 6) is 0.978. The largest absolute Gasteiger partial charge is 0.463 e. The average Bonchev–Trinajstić information content (AvgIpc) is 3.15. The Balaban J connectivity index is 1.70. The molecule has 1 unspecified atom stereocenters. The van der Waals surface area contributed by atoms with Crippen molar-refractivity contribution < 1.29 is 9.53 Å². The number of rotatable bonds is 6. The van der Waals surface area contributed by atoms with E-state index < -0.39 is 6.04 Å². The SMILES string of the molecule is CCOC(=O)C1=C(C)Nc2nc(SCc3ccccc3)nn2C1c1ccc(Cl)cc1. The van der Waals surface area contributed by atoms with Gasteiger partial charge in [0.15, 0.2) is 0 Å². The van der Waals surface area contributed by atoms with E-state index in [0.29, 0.717) is 34.0 Å². The molecule has 0 radical (unpaired) electrons. The Morgan fingerprint density at radius 3 is 2.63 bits per heavy atom. The lowest BCUT2D eigenvalue weighted by atomic mass is 9.96.